The first-order chi connectivity index (χ1) is 5.77. The summed E-state index contributed by atoms with van der Waals surface area (Å²) < 4.78 is 5.21. The van der Waals surface area contributed by atoms with Gasteiger partial charge < -0.3 is 4.74 Å². The minimum atomic E-state index is 0.312. The lowest BCUT2D eigenvalue weighted by Crippen LogP contribution is -2.45. The van der Waals surface area contributed by atoms with E-state index in [0.29, 0.717) is 12.1 Å². The van der Waals surface area contributed by atoms with Gasteiger partial charge >= 0.3 is 0 Å². The molecule has 1 aliphatic carbocycles. The zero-order valence-electron chi connectivity index (χ0n) is 8.05. The maximum Gasteiger partial charge on any atom is 0.0558 e. The van der Waals surface area contributed by atoms with Crippen molar-refractivity contribution in [3.63, 3.8) is 0 Å². The van der Waals surface area contributed by atoms with Gasteiger partial charge in [-0.1, -0.05) is 6.42 Å². The third-order valence-corrected chi connectivity index (χ3v) is 2.92. The van der Waals surface area contributed by atoms with Crippen LogP contribution >= 0.6 is 0 Å². The van der Waals surface area contributed by atoms with Gasteiger partial charge in [0.25, 0.3) is 0 Å². The number of ether oxygens (including phenoxy) is 1. The first kappa shape index (κ1) is 9.96. The summed E-state index contributed by atoms with van der Waals surface area (Å²) in [7, 11) is 1.75. The Morgan fingerprint density at radius 2 is 2.25 bits per heavy atom. The largest absolute Gasteiger partial charge is 0.382 e. The molecule has 1 aliphatic rings. The van der Waals surface area contributed by atoms with Crippen molar-refractivity contribution in [2.24, 2.45) is 11.8 Å². The highest BCUT2D eigenvalue weighted by atomic mass is 16.5. The van der Waals surface area contributed by atoms with Crippen molar-refractivity contribution in [1.82, 2.24) is 5.43 Å². The lowest BCUT2D eigenvalue weighted by molar-refractivity contribution is 0.0816. The highest BCUT2D eigenvalue weighted by Gasteiger charge is 2.27. The van der Waals surface area contributed by atoms with Crippen molar-refractivity contribution in [2.45, 2.75) is 44.8 Å². The second-order valence-corrected chi connectivity index (χ2v) is 3.75. The molecule has 0 amide bonds. The van der Waals surface area contributed by atoms with E-state index >= 15 is 0 Å². The Balaban J connectivity index is 2.24. The average molecular weight is 172 g/mol. The SMILES string of the molecule is COC(C)CC(NN)C1CCC1. The molecule has 2 unspecified atom stereocenters. The number of methoxy groups -OCH3 is 1. The molecular weight excluding hydrogens is 152 g/mol. The second kappa shape index (κ2) is 4.80. The lowest BCUT2D eigenvalue weighted by Gasteiger charge is -2.34. The Labute approximate surface area is 74.6 Å². The summed E-state index contributed by atoms with van der Waals surface area (Å²) in [6, 6.07) is 0.452. The van der Waals surface area contributed by atoms with Crippen molar-refractivity contribution >= 4 is 0 Å². The molecule has 0 aromatic rings. The molecule has 0 spiro atoms. The molecule has 3 N–H and O–H groups in total. The average Bonchev–Trinajstić information content (AvgIpc) is 1.99. The third kappa shape index (κ3) is 2.44. The summed E-state index contributed by atoms with van der Waals surface area (Å²) in [6.45, 7) is 2.09. The smallest absolute Gasteiger partial charge is 0.0558 e. The summed E-state index contributed by atoms with van der Waals surface area (Å²) in [5.41, 5.74) is 2.89. The molecule has 1 rings (SSSR count). The van der Waals surface area contributed by atoms with E-state index in [1.54, 1.807) is 7.11 Å². The normalized spacial score (nSPS) is 23.2. The summed E-state index contributed by atoms with van der Waals surface area (Å²) in [4.78, 5) is 0. The van der Waals surface area contributed by atoms with Crippen LogP contribution in [0, 0.1) is 5.92 Å². The van der Waals surface area contributed by atoms with E-state index in [0.717, 1.165) is 12.3 Å². The molecule has 72 valence electrons. The van der Waals surface area contributed by atoms with Crippen molar-refractivity contribution in [3.05, 3.63) is 0 Å². The quantitative estimate of drug-likeness (QED) is 0.481. The van der Waals surface area contributed by atoms with Crippen LogP contribution in [0.15, 0.2) is 0 Å². The van der Waals surface area contributed by atoms with E-state index in [2.05, 4.69) is 12.3 Å². The summed E-state index contributed by atoms with van der Waals surface area (Å²) in [6.07, 6.45) is 5.35. The fraction of sp³-hybridized carbons (Fsp3) is 1.00. The molecule has 0 heterocycles. The van der Waals surface area contributed by atoms with E-state index < -0.39 is 0 Å². The highest BCUT2D eigenvalue weighted by Crippen LogP contribution is 2.31. The van der Waals surface area contributed by atoms with Gasteiger partial charge in [0.15, 0.2) is 0 Å². The van der Waals surface area contributed by atoms with Gasteiger partial charge in [-0.3, -0.25) is 11.3 Å². The molecule has 0 bridgehead atoms. The molecule has 2 atom stereocenters. The molecule has 1 fully saturated rings. The summed E-state index contributed by atoms with van der Waals surface area (Å²) in [5, 5.41) is 0. The monoisotopic (exact) mass is 172 g/mol. The van der Waals surface area contributed by atoms with Crippen LogP contribution in [0.4, 0.5) is 0 Å². The van der Waals surface area contributed by atoms with Crippen molar-refractivity contribution in [1.29, 1.82) is 0 Å². The molecule has 12 heavy (non-hydrogen) atoms. The van der Waals surface area contributed by atoms with Gasteiger partial charge in [0.2, 0.25) is 0 Å². The van der Waals surface area contributed by atoms with Crippen LogP contribution < -0.4 is 11.3 Å². The van der Waals surface area contributed by atoms with E-state index in [-0.39, 0.29) is 0 Å². The van der Waals surface area contributed by atoms with Crippen LogP contribution in [0.5, 0.6) is 0 Å². The third-order valence-electron chi connectivity index (χ3n) is 2.92. The molecule has 0 aromatic heterocycles. The van der Waals surface area contributed by atoms with Crippen LogP contribution in [-0.2, 0) is 4.74 Å². The lowest BCUT2D eigenvalue weighted by atomic mass is 9.78. The van der Waals surface area contributed by atoms with E-state index in [1.165, 1.54) is 19.3 Å². The van der Waals surface area contributed by atoms with E-state index in [9.17, 15) is 0 Å². The minimum absolute atomic E-state index is 0.312. The van der Waals surface area contributed by atoms with Crippen molar-refractivity contribution < 1.29 is 4.74 Å². The minimum Gasteiger partial charge on any atom is -0.382 e. The number of nitrogens with two attached hydrogens (primary N) is 1. The first-order valence-electron chi connectivity index (χ1n) is 4.76. The number of nitrogens with one attached hydrogen (secondary N) is 1. The molecule has 0 aromatic carbocycles. The predicted molar refractivity (Wildman–Crippen MR) is 49.5 cm³/mol. The Morgan fingerprint density at radius 3 is 2.58 bits per heavy atom. The van der Waals surface area contributed by atoms with E-state index in [4.69, 9.17) is 10.6 Å². The zero-order chi connectivity index (χ0) is 8.97. The first-order valence-corrected chi connectivity index (χ1v) is 4.76. The molecule has 0 saturated heterocycles. The Hall–Kier alpha value is -0.120. The van der Waals surface area contributed by atoms with Gasteiger partial charge in [-0.25, -0.2) is 0 Å². The number of hydrogen-bond donors (Lipinski definition) is 2. The molecule has 1 saturated carbocycles. The molecule has 0 aliphatic heterocycles. The molecular formula is C9H20N2O. The number of hydrogen-bond acceptors (Lipinski definition) is 3. The molecule has 3 nitrogen and oxygen atoms in total. The summed E-state index contributed by atoms with van der Waals surface area (Å²) in [5.74, 6) is 6.27. The van der Waals surface area contributed by atoms with Crippen LogP contribution in [0.3, 0.4) is 0 Å². The molecule has 3 heteroatoms. The van der Waals surface area contributed by atoms with Crippen LogP contribution in [-0.4, -0.2) is 19.3 Å². The van der Waals surface area contributed by atoms with E-state index in [1.807, 2.05) is 0 Å². The predicted octanol–water partition coefficient (Wildman–Crippen LogP) is 1.04. The number of hydrazine groups is 1. The van der Waals surface area contributed by atoms with Gasteiger partial charge in [0.1, 0.15) is 0 Å². The highest BCUT2D eigenvalue weighted by molar-refractivity contribution is 4.82. The van der Waals surface area contributed by atoms with Gasteiger partial charge in [0.05, 0.1) is 6.10 Å². The fourth-order valence-corrected chi connectivity index (χ4v) is 1.69. The van der Waals surface area contributed by atoms with Crippen LogP contribution in [0.2, 0.25) is 0 Å². The molecule has 0 radical (unpaired) electrons. The second-order valence-electron chi connectivity index (χ2n) is 3.75. The topological polar surface area (TPSA) is 47.3 Å². The van der Waals surface area contributed by atoms with Crippen molar-refractivity contribution in [2.75, 3.05) is 7.11 Å². The summed E-state index contributed by atoms with van der Waals surface area (Å²) >= 11 is 0. The van der Waals surface area contributed by atoms with Gasteiger partial charge in [-0.15, -0.1) is 0 Å². The van der Waals surface area contributed by atoms with Gasteiger partial charge in [0, 0.05) is 13.2 Å². The number of rotatable bonds is 5. The maximum atomic E-state index is 5.48. The Kier molecular flexibility index (Phi) is 3.98. The van der Waals surface area contributed by atoms with Crippen molar-refractivity contribution in [3.8, 4) is 0 Å². The fourth-order valence-electron chi connectivity index (χ4n) is 1.69. The Bertz CT molecular complexity index is 126. The van der Waals surface area contributed by atoms with Gasteiger partial charge in [-0.05, 0) is 32.1 Å². The zero-order valence-corrected chi connectivity index (χ0v) is 8.05. The standard InChI is InChI=1S/C9H20N2O/c1-7(12-2)6-9(11-10)8-4-3-5-8/h7-9,11H,3-6,10H2,1-2H3. The maximum absolute atomic E-state index is 5.48. The van der Waals surface area contributed by atoms with Crippen LogP contribution in [0.25, 0.3) is 0 Å². The van der Waals surface area contributed by atoms with Gasteiger partial charge in [-0.2, -0.15) is 0 Å². The van der Waals surface area contributed by atoms with Crippen LogP contribution in [0.1, 0.15) is 32.6 Å². The Morgan fingerprint density at radius 1 is 1.58 bits per heavy atom.